The number of fused-ring (bicyclic) bond motifs is 1. The van der Waals surface area contributed by atoms with Gasteiger partial charge in [-0.15, -0.1) is 5.10 Å². The third kappa shape index (κ3) is 4.34. The minimum atomic E-state index is -0.494. The van der Waals surface area contributed by atoms with Crippen LogP contribution in [0.25, 0.3) is 0 Å². The van der Waals surface area contributed by atoms with E-state index in [1.807, 2.05) is 4.90 Å². The zero-order valence-electron chi connectivity index (χ0n) is 17.8. The topological polar surface area (TPSA) is 105 Å². The standard InChI is InChI=1S/C20H33N7O3/c1-2-6-21-19(29)20-5-3-17(25-8-10-30-11-9-25)12-16(20)4-7-26(14-20)18(28)13-27-15-22-23-24-27/h15-17H,2-14H2,1H3,(H,21,29)/t16-,17+,20-/m1/s1. The van der Waals surface area contributed by atoms with Crippen LogP contribution in [0.1, 0.15) is 39.0 Å². The average Bonchev–Trinajstić information content (AvgIpc) is 3.30. The molecule has 0 spiro atoms. The van der Waals surface area contributed by atoms with Crippen molar-refractivity contribution in [2.45, 2.75) is 51.6 Å². The number of rotatable bonds is 6. The van der Waals surface area contributed by atoms with E-state index in [4.69, 9.17) is 4.74 Å². The van der Waals surface area contributed by atoms with Gasteiger partial charge in [-0.1, -0.05) is 6.92 Å². The summed E-state index contributed by atoms with van der Waals surface area (Å²) in [7, 11) is 0. The van der Waals surface area contributed by atoms with Crippen molar-refractivity contribution in [2.24, 2.45) is 11.3 Å². The van der Waals surface area contributed by atoms with Crippen LogP contribution in [0, 0.1) is 11.3 Å². The quantitative estimate of drug-likeness (QED) is 0.687. The summed E-state index contributed by atoms with van der Waals surface area (Å²) in [5, 5.41) is 14.1. The van der Waals surface area contributed by atoms with E-state index in [2.05, 4.69) is 32.7 Å². The van der Waals surface area contributed by atoms with Crippen molar-refractivity contribution in [1.82, 2.24) is 35.3 Å². The van der Waals surface area contributed by atoms with E-state index in [9.17, 15) is 9.59 Å². The van der Waals surface area contributed by atoms with Gasteiger partial charge < -0.3 is 15.0 Å². The van der Waals surface area contributed by atoms with Gasteiger partial charge in [0.1, 0.15) is 12.9 Å². The molecule has 4 rings (SSSR count). The average molecular weight is 420 g/mol. The number of aromatic nitrogens is 4. The zero-order valence-corrected chi connectivity index (χ0v) is 17.8. The first-order valence-corrected chi connectivity index (χ1v) is 11.2. The van der Waals surface area contributed by atoms with Crippen LogP contribution in [0.5, 0.6) is 0 Å². The summed E-state index contributed by atoms with van der Waals surface area (Å²) in [4.78, 5) is 30.6. The second kappa shape index (κ2) is 9.38. The lowest BCUT2D eigenvalue weighted by Gasteiger charge is -2.53. The van der Waals surface area contributed by atoms with Gasteiger partial charge in [-0.05, 0) is 48.4 Å². The van der Waals surface area contributed by atoms with Crippen LogP contribution in [0.2, 0.25) is 0 Å². The summed E-state index contributed by atoms with van der Waals surface area (Å²) >= 11 is 0. The van der Waals surface area contributed by atoms with Gasteiger partial charge in [0.25, 0.3) is 0 Å². The van der Waals surface area contributed by atoms with Gasteiger partial charge in [-0.25, -0.2) is 4.68 Å². The van der Waals surface area contributed by atoms with Gasteiger partial charge in [0.2, 0.25) is 11.8 Å². The number of amides is 2. The monoisotopic (exact) mass is 419 g/mol. The van der Waals surface area contributed by atoms with Gasteiger partial charge in [0, 0.05) is 38.8 Å². The van der Waals surface area contributed by atoms with E-state index in [1.54, 1.807) is 0 Å². The van der Waals surface area contributed by atoms with Crippen molar-refractivity contribution in [1.29, 1.82) is 0 Å². The lowest BCUT2D eigenvalue weighted by molar-refractivity contribution is -0.151. The Morgan fingerprint density at radius 2 is 2.07 bits per heavy atom. The second-order valence-corrected chi connectivity index (χ2v) is 8.80. The molecule has 3 atom stereocenters. The van der Waals surface area contributed by atoms with Gasteiger partial charge in [0.15, 0.2) is 0 Å². The molecule has 1 saturated carbocycles. The highest BCUT2D eigenvalue weighted by atomic mass is 16.5. The molecule has 0 aromatic carbocycles. The van der Waals surface area contributed by atoms with Gasteiger partial charge in [-0.3, -0.25) is 14.5 Å². The van der Waals surface area contributed by atoms with Gasteiger partial charge in [-0.2, -0.15) is 0 Å². The number of carbonyl (C=O) groups is 2. The number of ether oxygens (including phenoxy) is 1. The first kappa shape index (κ1) is 21.2. The third-order valence-corrected chi connectivity index (χ3v) is 7.07. The second-order valence-electron chi connectivity index (χ2n) is 8.80. The molecule has 1 aromatic rings. The molecule has 3 aliphatic rings. The predicted molar refractivity (Wildman–Crippen MR) is 108 cm³/mol. The molecule has 1 N–H and O–H groups in total. The normalized spacial score (nSPS) is 30.0. The highest BCUT2D eigenvalue weighted by Gasteiger charge is 2.53. The van der Waals surface area contributed by atoms with Crippen molar-refractivity contribution >= 4 is 11.8 Å². The summed E-state index contributed by atoms with van der Waals surface area (Å²) < 4.78 is 6.96. The largest absolute Gasteiger partial charge is 0.379 e. The molecule has 3 fully saturated rings. The van der Waals surface area contributed by atoms with Crippen LogP contribution in [0.4, 0.5) is 0 Å². The highest BCUT2D eigenvalue weighted by molar-refractivity contribution is 5.85. The number of likely N-dealkylation sites (tertiary alicyclic amines) is 1. The smallest absolute Gasteiger partial charge is 0.244 e. The molecule has 1 aromatic heterocycles. The van der Waals surface area contributed by atoms with Crippen LogP contribution < -0.4 is 5.32 Å². The molecular formula is C20H33N7O3. The molecule has 0 unspecified atom stereocenters. The Labute approximate surface area is 177 Å². The van der Waals surface area contributed by atoms with E-state index < -0.39 is 5.41 Å². The maximum absolute atomic E-state index is 13.4. The number of hydrogen-bond donors (Lipinski definition) is 1. The lowest BCUT2D eigenvalue weighted by Crippen LogP contribution is -2.61. The van der Waals surface area contributed by atoms with Crippen molar-refractivity contribution in [3.63, 3.8) is 0 Å². The number of hydrogen-bond acceptors (Lipinski definition) is 7. The molecule has 1 aliphatic carbocycles. The Morgan fingerprint density at radius 1 is 1.23 bits per heavy atom. The van der Waals surface area contributed by atoms with Crippen LogP contribution in [0.15, 0.2) is 6.33 Å². The SMILES string of the molecule is CCCNC(=O)[C@@]12CC[C@H](N3CCOCC3)C[C@H]1CCN(C(=O)Cn1cnnn1)C2. The third-order valence-electron chi connectivity index (χ3n) is 7.07. The molecule has 10 nitrogen and oxygen atoms in total. The summed E-state index contributed by atoms with van der Waals surface area (Å²) in [5.74, 6) is 0.390. The summed E-state index contributed by atoms with van der Waals surface area (Å²) in [5.41, 5.74) is -0.494. The van der Waals surface area contributed by atoms with Crippen molar-refractivity contribution in [3.8, 4) is 0 Å². The first-order chi connectivity index (χ1) is 14.6. The fraction of sp³-hybridized carbons (Fsp3) is 0.850. The fourth-order valence-electron chi connectivity index (χ4n) is 5.40. The predicted octanol–water partition coefficient (Wildman–Crippen LogP) is -0.0811. The Kier molecular flexibility index (Phi) is 6.62. The highest BCUT2D eigenvalue weighted by Crippen LogP contribution is 2.48. The van der Waals surface area contributed by atoms with Crippen LogP contribution in [-0.4, -0.2) is 93.8 Å². The molecule has 3 heterocycles. The molecule has 2 amide bonds. The van der Waals surface area contributed by atoms with Gasteiger partial charge >= 0.3 is 0 Å². The number of nitrogens with one attached hydrogen (secondary N) is 1. The van der Waals surface area contributed by atoms with E-state index in [0.29, 0.717) is 31.6 Å². The number of piperidine rings is 1. The molecular weight excluding hydrogens is 386 g/mol. The van der Waals surface area contributed by atoms with E-state index in [-0.39, 0.29) is 18.4 Å². The minimum Gasteiger partial charge on any atom is -0.379 e. The van der Waals surface area contributed by atoms with Gasteiger partial charge in [0.05, 0.1) is 18.6 Å². The molecule has 0 radical (unpaired) electrons. The first-order valence-electron chi connectivity index (χ1n) is 11.2. The summed E-state index contributed by atoms with van der Waals surface area (Å²) in [6.45, 7) is 7.57. The van der Waals surface area contributed by atoms with Crippen LogP contribution >= 0.6 is 0 Å². The van der Waals surface area contributed by atoms with Crippen molar-refractivity contribution < 1.29 is 14.3 Å². The van der Waals surface area contributed by atoms with Crippen molar-refractivity contribution in [3.05, 3.63) is 6.33 Å². The van der Waals surface area contributed by atoms with E-state index in [1.165, 1.54) is 11.0 Å². The van der Waals surface area contributed by atoms with Crippen LogP contribution in [-0.2, 0) is 20.9 Å². The van der Waals surface area contributed by atoms with Crippen molar-refractivity contribution in [2.75, 3.05) is 45.9 Å². The Balaban J connectivity index is 1.48. The lowest BCUT2D eigenvalue weighted by atomic mass is 9.61. The fourth-order valence-corrected chi connectivity index (χ4v) is 5.40. The number of carbonyl (C=O) groups excluding carboxylic acids is 2. The van der Waals surface area contributed by atoms with E-state index >= 15 is 0 Å². The Bertz CT molecular complexity index is 722. The number of morpholine rings is 1. The molecule has 2 aliphatic heterocycles. The maximum Gasteiger partial charge on any atom is 0.244 e. The molecule has 10 heteroatoms. The minimum absolute atomic E-state index is 0.0290. The number of tetrazole rings is 1. The Morgan fingerprint density at radius 3 is 2.80 bits per heavy atom. The zero-order chi connectivity index (χ0) is 21.0. The molecule has 2 saturated heterocycles. The molecule has 0 bridgehead atoms. The summed E-state index contributed by atoms with van der Waals surface area (Å²) in [6, 6.07) is 0.509. The summed E-state index contributed by atoms with van der Waals surface area (Å²) in [6.07, 6.45) is 6.05. The van der Waals surface area contributed by atoms with Crippen LogP contribution in [0.3, 0.4) is 0 Å². The number of nitrogens with zero attached hydrogens (tertiary/aromatic N) is 6. The maximum atomic E-state index is 13.4. The van der Waals surface area contributed by atoms with E-state index in [0.717, 1.165) is 58.4 Å². The molecule has 166 valence electrons. The molecule has 30 heavy (non-hydrogen) atoms. The Hall–Kier alpha value is -2.07.